The van der Waals surface area contributed by atoms with Crippen LogP contribution in [0.1, 0.15) is 20.9 Å². The number of thiazole rings is 1. The van der Waals surface area contributed by atoms with Crippen LogP contribution in [0, 0.1) is 6.92 Å². The molecule has 0 atom stereocenters. The Hall–Kier alpha value is -2.90. The Morgan fingerprint density at radius 3 is 2.81 bits per heavy atom. The molecule has 4 aromatic rings. The Balaban J connectivity index is 1.78. The number of pyridine rings is 1. The van der Waals surface area contributed by atoms with Crippen molar-refractivity contribution in [3.8, 4) is 11.6 Å². The number of nitrogens with zero attached hydrogens (tertiary/aromatic N) is 3. The number of benzene rings is 1. The Morgan fingerprint density at radius 2 is 2.07 bits per heavy atom. The summed E-state index contributed by atoms with van der Waals surface area (Å²) >= 11 is 7.18. The van der Waals surface area contributed by atoms with Crippen molar-refractivity contribution in [3.05, 3.63) is 75.5 Å². The fourth-order valence-corrected chi connectivity index (χ4v) is 3.82. The van der Waals surface area contributed by atoms with Crippen LogP contribution in [-0.4, -0.2) is 15.4 Å². The number of aryl methyl sites for hydroxylation is 1. The maximum atomic E-state index is 13.0. The fourth-order valence-electron chi connectivity index (χ4n) is 2.85. The summed E-state index contributed by atoms with van der Waals surface area (Å²) in [6.45, 7) is 2.11. The van der Waals surface area contributed by atoms with Crippen molar-refractivity contribution >= 4 is 34.6 Å². The van der Waals surface area contributed by atoms with Gasteiger partial charge >= 0.3 is 5.97 Å². The summed E-state index contributed by atoms with van der Waals surface area (Å²) in [5.41, 5.74) is 1.35. The third-order valence-corrected chi connectivity index (χ3v) is 5.23. The molecular formula is C19H14ClN3O3S. The molecule has 0 saturated carbocycles. The van der Waals surface area contributed by atoms with E-state index in [1.54, 1.807) is 47.1 Å². The molecule has 0 unspecified atom stereocenters. The van der Waals surface area contributed by atoms with E-state index in [0.29, 0.717) is 15.9 Å². The standard InChI is InChI=1S/C19H14ClN3O3S/c1-12-6-2-3-7-14(12)26-18(25)16-17(24)23(11-13-10-21-19(20)27-13)15-8-4-5-9-22(15)16/h2-10H,11H2,1H3. The molecule has 27 heavy (non-hydrogen) atoms. The third kappa shape index (κ3) is 3.27. The van der Waals surface area contributed by atoms with E-state index in [1.807, 2.05) is 19.1 Å². The predicted molar refractivity (Wildman–Crippen MR) is 99.4 cm³/mol. The number of para-hydroxylation sites is 1. The fraction of sp³-hybridized carbons (Fsp3) is 0.105. The Morgan fingerprint density at radius 1 is 1.30 bits per heavy atom. The molecule has 0 fully saturated rings. The number of carbonyl (C=O) groups is 1. The number of imidazole rings is 1. The Labute approximate surface area is 163 Å². The van der Waals surface area contributed by atoms with Gasteiger partial charge in [0, 0.05) is 12.3 Å². The molecule has 4 rings (SSSR count). The molecule has 6 nitrogen and oxygen atoms in total. The summed E-state index contributed by atoms with van der Waals surface area (Å²) in [6, 6.07) is 12.5. The summed E-state index contributed by atoms with van der Waals surface area (Å²) in [7, 11) is 0. The monoisotopic (exact) mass is 399 g/mol. The van der Waals surface area contributed by atoms with Crippen molar-refractivity contribution in [2.45, 2.75) is 13.5 Å². The highest BCUT2D eigenvalue weighted by Crippen LogP contribution is 2.23. The number of esters is 1. The lowest BCUT2D eigenvalue weighted by Crippen LogP contribution is -2.36. The molecule has 3 aromatic heterocycles. The molecule has 0 aliphatic carbocycles. The van der Waals surface area contributed by atoms with Crippen molar-refractivity contribution in [1.82, 2.24) is 9.38 Å². The first-order valence-electron chi connectivity index (χ1n) is 8.12. The molecule has 0 bridgehead atoms. The number of carbonyl (C=O) groups excluding carboxylic acids is 1. The summed E-state index contributed by atoms with van der Waals surface area (Å²) in [4.78, 5) is 17.6. The lowest BCUT2D eigenvalue weighted by Gasteiger charge is -2.08. The van der Waals surface area contributed by atoms with Crippen LogP contribution in [0.3, 0.4) is 0 Å². The van der Waals surface area contributed by atoms with Gasteiger partial charge in [0.15, 0.2) is 4.47 Å². The summed E-state index contributed by atoms with van der Waals surface area (Å²) < 4.78 is 8.95. The second-order valence-electron chi connectivity index (χ2n) is 5.90. The molecule has 0 N–H and O–H groups in total. The first kappa shape index (κ1) is 17.5. The molecule has 3 heterocycles. The van der Waals surface area contributed by atoms with Crippen LogP contribution in [0.5, 0.6) is 11.6 Å². The average molecular weight is 400 g/mol. The van der Waals surface area contributed by atoms with Gasteiger partial charge in [-0.05, 0) is 24.6 Å². The summed E-state index contributed by atoms with van der Waals surface area (Å²) in [5.74, 6) is -0.700. The van der Waals surface area contributed by atoms with Gasteiger partial charge < -0.3 is 9.84 Å². The predicted octanol–water partition coefficient (Wildman–Crippen LogP) is 2.99. The van der Waals surface area contributed by atoms with Crippen LogP contribution in [0.25, 0.3) is 5.65 Å². The number of hydrogen-bond acceptors (Lipinski definition) is 5. The van der Waals surface area contributed by atoms with Gasteiger partial charge in [-0.15, -0.1) is 11.3 Å². The molecule has 0 radical (unpaired) electrons. The van der Waals surface area contributed by atoms with Gasteiger partial charge in [-0.3, -0.25) is 0 Å². The first-order chi connectivity index (χ1) is 13.0. The van der Waals surface area contributed by atoms with E-state index in [2.05, 4.69) is 4.98 Å². The van der Waals surface area contributed by atoms with E-state index in [9.17, 15) is 9.90 Å². The van der Waals surface area contributed by atoms with Crippen molar-refractivity contribution in [2.24, 2.45) is 0 Å². The zero-order valence-electron chi connectivity index (χ0n) is 14.3. The lowest BCUT2D eigenvalue weighted by molar-refractivity contribution is -0.704. The zero-order chi connectivity index (χ0) is 19.0. The molecule has 0 spiro atoms. The number of hydrogen-bond donors (Lipinski definition) is 0. The Kier molecular flexibility index (Phi) is 4.55. The summed E-state index contributed by atoms with van der Waals surface area (Å²) in [6.07, 6.45) is 3.29. The van der Waals surface area contributed by atoms with Gasteiger partial charge in [-0.25, -0.2) is 14.3 Å². The van der Waals surface area contributed by atoms with E-state index in [1.165, 1.54) is 15.9 Å². The van der Waals surface area contributed by atoms with Crippen molar-refractivity contribution in [1.29, 1.82) is 0 Å². The highest BCUT2D eigenvalue weighted by Gasteiger charge is 2.27. The van der Waals surface area contributed by atoms with E-state index in [0.717, 1.165) is 10.4 Å². The molecule has 136 valence electrons. The SMILES string of the molecule is Cc1ccccc1OC(=O)c1c([O-])[n+](Cc2cnc(Cl)s2)c2ccccn12. The summed E-state index contributed by atoms with van der Waals surface area (Å²) in [5, 5.41) is 13.0. The maximum Gasteiger partial charge on any atom is 0.387 e. The minimum Gasteiger partial charge on any atom is -0.839 e. The van der Waals surface area contributed by atoms with Gasteiger partial charge in [0.1, 0.15) is 18.2 Å². The van der Waals surface area contributed by atoms with E-state index < -0.39 is 11.8 Å². The van der Waals surface area contributed by atoms with Crippen molar-refractivity contribution in [2.75, 3.05) is 0 Å². The van der Waals surface area contributed by atoms with Crippen LogP contribution >= 0.6 is 22.9 Å². The highest BCUT2D eigenvalue weighted by atomic mass is 35.5. The van der Waals surface area contributed by atoms with E-state index in [-0.39, 0.29) is 12.2 Å². The molecule has 0 aliphatic rings. The zero-order valence-corrected chi connectivity index (χ0v) is 15.8. The number of aromatic nitrogens is 3. The van der Waals surface area contributed by atoms with Crippen LogP contribution < -0.4 is 14.4 Å². The molecule has 0 aliphatic heterocycles. The van der Waals surface area contributed by atoms with Crippen LogP contribution in [0.4, 0.5) is 0 Å². The van der Waals surface area contributed by atoms with E-state index in [4.69, 9.17) is 16.3 Å². The molecule has 1 aromatic carbocycles. The van der Waals surface area contributed by atoms with Gasteiger partial charge in [0.25, 0.3) is 11.3 Å². The first-order valence-corrected chi connectivity index (χ1v) is 9.32. The maximum absolute atomic E-state index is 13.0. The minimum absolute atomic E-state index is 0.0514. The second kappa shape index (κ2) is 7.02. The van der Waals surface area contributed by atoms with E-state index >= 15 is 0 Å². The molecule has 0 amide bonds. The largest absolute Gasteiger partial charge is 0.839 e. The highest BCUT2D eigenvalue weighted by molar-refractivity contribution is 7.15. The van der Waals surface area contributed by atoms with Crippen LogP contribution in [-0.2, 0) is 6.54 Å². The Bertz CT molecular complexity index is 1150. The quantitative estimate of drug-likeness (QED) is 0.300. The van der Waals surface area contributed by atoms with Gasteiger partial charge in [0.05, 0.1) is 11.1 Å². The van der Waals surface area contributed by atoms with Gasteiger partial charge in [-0.1, -0.05) is 35.9 Å². The number of ether oxygens (including phenoxy) is 1. The molecular weight excluding hydrogens is 386 g/mol. The van der Waals surface area contributed by atoms with Crippen LogP contribution in [0.2, 0.25) is 4.47 Å². The smallest absolute Gasteiger partial charge is 0.387 e. The topological polar surface area (TPSA) is 70.5 Å². The number of halogens is 1. The normalized spacial score (nSPS) is 11.0. The van der Waals surface area contributed by atoms with Crippen molar-refractivity contribution < 1.29 is 19.2 Å². The number of fused-ring (bicyclic) bond motifs is 1. The molecule has 8 heteroatoms. The minimum atomic E-state index is -0.698. The lowest BCUT2D eigenvalue weighted by atomic mass is 10.2. The average Bonchev–Trinajstić information content (AvgIpc) is 3.19. The molecule has 0 saturated heterocycles. The van der Waals surface area contributed by atoms with Gasteiger partial charge in [0.2, 0.25) is 0 Å². The second-order valence-corrected chi connectivity index (χ2v) is 7.60. The van der Waals surface area contributed by atoms with Crippen LogP contribution in [0.15, 0.2) is 54.9 Å². The van der Waals surface area contributed by atoms with Gasteiger partial charge in [-0.2, -0.15) is 4.40 Å². The third-order valence-electron chi connectivity index (χ3n) is 4.13. The van der Waals surface area contributed by atoms with Crippen molar-refractivity contribution in [3.63, 3.8) is 0 Å². The number of rotatable bonds is 4.